The summed E-state index contributed by atoms with van der Waals surface area (Å²) in [7, 11) is 0. The number of halogens is 1. The molecule has 1 aromatic heterocycles. The quantitative estimate of drug-likeness (QED) is 0.916. The Morgan fingerprint density at radius 1 is 1.50 bits per heavy atom. The first kappa shape index (κ1) is 12.8. The number of benzene rings is 1. The van der Waals surface area contributed by atoms with E-state index < -0.39 is 0 Å². The summed E-state index contributed by atoms with van der Waals surface area (Å²) < 4.78 is 1.00. The van der Waals surface area contributed by atoms with Crippen LogP contribution in [0.25, 0.3) is 0 Å². The lowest BCUT2D eigenvalue weighted by atomic mass is 10.1. The van der Waals surface area contributed by atoms with Crippen LogP contribution in [0.4, 0.5) is 0 Å². The second-order valence-corrected chi connectivity index (χ2v) is 5.05. The fourth-order valence-electron chi connectivity index (χ4n) is 1.65. The summed E-state index contributed by atoms with van der Waals surface area (Å²) in [6.45, 7) is 3.88. The highest BCUT2D eigenvalue weighted by Crippen LogP contribution is 2.18. The molecular weight excluding hydrogens is 294 g/mol. The van der Waals surface area contributed by atoms with Crippen LogP contribution in [0.1, 0.15) is 34.5 Å². The Hall–Kier alpha value is -1.62. The number of aromatic amines is 1. The van der Waals surface area contributed by atoms with Gasteiger partial charge in [-0.15, -0.1) is 0 Å². The third-order valence-electron chi connectivity index (χ3n) is 2.79. The van der Waals surface area contributed by atoms with Crippen LogP contribution in [0.3, 0.4) is 0 Å². The monoisotopic (exact) mass is 307 g/mol. The number of carbonyl (C=O) groups is 1. The number of rotatable bonds is 3. The molecule has 0 aliphatic heterocycles. The van der Waals surface area contributed by atoms with Crippen molar-refractivity contribution in [3.8, 4) is 0 Å². The highest BCUT2D eigenvalue weighted by molar-refractivity contribution is 9.10. The average molecular weight is 308 g/mol. The molecule has 0 aliphatic rings. The van der Waals surface area contributed by atoms with E-state index in [2.05, 4.69) is 31.4 Å². The molecule has 0 bridgehead atoms. The van der Waals surface area contributed by atoms with Crippen LogP contribution >= 0.6 is 15.9 Å². The standard InChI is InChI=1S/C13H14BrN3O/c1-8-5-10(3-4-12(8)14)13(18)17-9(2)11-6-15-16-7-11/h3-7,9H,1-2H3,(H,15,16)(H,17,18). The summed E-state index contributed by atoms with van der Waals surface area (Å²) >= 11 is 3.42. The van der Waals surface area contributed by atoms with E-state index in [9.17, 15) is 4.79 Å². The van der Waals surface area contributed by atoms with E-state index in [-0.39, 0.29) is 11.9 Å². The molecule has 2 rings (SSSR count). The predicted molar refractivity (Wildman–Crippen MR) is 73.3 cm³/mol. The second-order valence-electron chi connectivity index (χ2n) is 4.19. The van der Waals surface area contributed by atoms with E-state index in [1.165, 1.54) is 0 Å². The Morgan fingerprint density at radius 3 is 2.89 bits per heavy atom. The van der Waals surface area contributed by atoms with Crippen molar-refractivity contribution in [1.82, 2.24) is 15.5 Å². The summed E-state index contributed by atoms with van der Waals surface area (Å²) in [6, 6.07) is 5.48. The van der Waals surface area contributed by atoms with Gasteiger partial charge in [0.1, 0.15) is 0 Å². The fourth-order valence-corrected chi connectivity index (χ4v) is 1.89. The zero-order chi connectivity index (χ0) is 13.1. The highest BCUT2D eigenvalue weighted by atomic mass is 79.9. The largest absolute Gasteiger partial charge is 0.345 e. The van der Waals surface area contributed by atoms with Crippen molar-refractivity contribution < 1.29 is 4.79 Å². The minimum absolute atomic E-state index is 0.0693. The van der Waals surface area contributed by atoms with Crippen LogP contribution in [-0.4, -0.2) is 16.1 Å². The van der Waals surface area contributed by atoms with E-state index in [1.54, 1.807) is 18.5 Å². The molecule has 5 heteroatoms. The first-order chi connectivity index (χ1) is 8.58. The molecule has 2 aromatic rings. The maximum absolute atomic E-state index is 12.1. The number of nitrogens with zero attached hydrogens (tertiary/aromatic N) is 1. The summed E-state index contributed by atoms with van der Waals surface area (Å²) in [5, 5.41) is 9.53. The van der Waals surface area contributed by atoms with Crippen LogP contribution < -0.4 is 5.32 Å². The van der Waals surface area contributed by atoms with E-state index in [4.69, 9.17) is 0 Å². The number of aryl methyl sites for hydroxylation is 1. The zero-order valence-corrected chi connectivity index (χ0v) is 11.8. The SMILES string of the molecule is Cc1cc(C(=O)NC(C)c2cn[nH]c2)ccc1Br. The summed E-state index contributed by atoms with van der Waals surface area (Å²) in [5.41, 5.74) is 2.65. The molecule has 4 nitrogen and oxygen atoms in total. The Kier molecular flexibility index (Phi) is 3.81. The zero-order valence-electron chi connectivity index (χ0n) is 10.2. The van der Waals surface area contributed by atoms with E-state index >= 15 is 0 Å². The van der Waals surface area contributed by atoms with Crippen molar-refractivity contribution in [2.45, 2.75) is 19.9 Å². The molecule has 0 saturated heterocycles. The predicted octanol–water partition coefficient (Wildman–Crippen LogP) is 2.97. The molecule has 1 atom stereocenters. The van der Waals surface area contributed by atoms with Gasteiger partial charge in [0.15, 0.2) is 0 Å². The molecule has 1 aromatic carbocycles. The van der Waals surface area contributed by atoms with Crippen molar-refractivity contribution in [2.24, 2.45) is 0 Å². The smallest absolute Gasteiger partial charge is 0.251 e. The first-order valence-electron chi connectivity index (χ1n) is 5.63. The van der Waals surface area contributed by atoms with Gasteiger partial charge in [-0.25, -0.2) is 0 Å². The Morgan fingerprint density at radius 2 is 2.28 bits per heavy atom. The highest BCUT2D eigenvalue weighted by Gasteiger charge is 2.12. The molecule has 1 heterocycles. The van der Waals surface area contributed by atoms with Gasteiger partial charge in [-0.2, -0.15) is 5.10 Å². The van der Waals surface area contributed by atoms with Crippen LogP contribution in [-0.2, 0) is 0 Å². The van der Waals surface area contributed by atoms with Gasteiger partial charge >= 0.3 is 0 Å². The molecule has 1 unspecified atom stereocenters. The lowest BCUT2D eigenvalue weighted by molar-refractivity contribution is 0.0940. The third kappa shape index (κ3) is 2.79. The van der Waals surface area contributed by atoms with Crippen LogP contribution in [0.15, 0.2) is 35.1 Å². The van der Waals surface area contributed by atoms with Gasteiger partial charge in [-0.1, -0.05) is 15.9 Å². The normalized spacial score (nSPS) is 12.2. The van der Waals surface area contributed by atoms with E-state index in [0.29, 0.717) is 5.56 Å². The van der Waals surface area contributed by atoms with Gasteiger partial charge < -0.3 is 5.32 Å². The third-order valence-corrected chi connectivity index (χ3v) is 3.68. The molecule has 2 N–H and O–H groups in total. The molecule has 0 radical (unpaired) electrons. The number of amides is 1. The second kappa shape index (κ2) is 5.35. The van der Waals surface area contributed by atoms with Crippen molar-refractivity contribution in [3.63, 3.8) is 0 Å². The van der Waals surface area contributed by atoms with Crippen LogP contribution in [0.2, 0.25) is 0 Å². The summed E-state index contributed by atoms with van der Waals surface area (Å²) in [6.07, 6.45) is 3.48. The Balaban J connectivity index is 2.10. The fraction of sp³-hybridized carbons (Fsp3) is 0.231. The first-order valence-corrected chi connectivity index (χ1v) is 6.43. The van der Waals surface area contributed by atoms with Crippen molar-refractivity contribution in [1.29, 1.82) is 0 Å². The minimum Gasteiger partial charge on any atom is -0.345 e. The van der Waals surface area contributed by atoms with Gasteiger partial charge in [0.05, 0.1) is 12.2 Å². The minimum atomic E-state index is -0.0840. The summed E-state index contributed by atoms with van der Waals surface area (Å²) in [4.78, 5) is 12.1. The summed E-state index contributed by atoms with van der Waals surface area (Å²) in [5.74, 6) is -0.0840. The van der Waals surface area contributed by atoms with Crippen LogP contribution in [0, 0.1) is 6.92 Å². The van der Waals surface area contributed by atoms with Crippen molar-refractivity contribution in [3.05, 3.63) is 51.8 Å². The molecule has 94 valence electrons. The Labute approximate surface area is 114 Å². The van der Waals surface area contributed by atoms with Crippen LogP contribution in [0.5, 0.6) is 0 Å². The molecule has 0 spiro atoms. The van der Waals surface area contributed by atoms with Gasteiger partial charge in [0, 0.05) is 21.8 Å². The molecule has 18 heavy (non-hydrogen) atoms. The maximum Gasteiger partial charge on any atom is 0.251 e. The van der Waals surface area contributed by atoms with Gasteiger partial charge in [0.2, 0.25) is 0 Å². The van der Waals surface area contributed by atoms with Crippen molar-refractivity contribution in [2.75, 3.05) is 0 Å². The molecule has 0 saturated carbocycles. The lowest BCUT2D eigenvalue weighted by Gasteiger charge is -2.12. The molecule has 0 aliphatic carbocycles. The van der Waals surface area contributed by atoms with Gasteiger partial charge in [0.25, 0.3) is 5.91 Å². The Bertz CT molecular complexity index is 551. The van der Waals surface area contributed by atoms with Crippen molar-refractivity contribution >= 4 is 21.8 Å². The molecule has 0 fully saturated rings. The van der Waals surface area contributed by atoms with Gasteiger partial charge in [-0.3, -0.25) is 9.89 Å². The topological polar surface area (TPSA) is 57.8 Å². The maximum atomic E-state index is 12.1. The number of carbonyl (C=O) groups excluding carboxylic acids is 1. The molecular formula is C13H14BrN3O. The van der Waals surface area contributed by atoms with E-state index in [0.717, 1.165) is 15.6 Å². The van der Waals surface area contributed by atoms with Gasteiger partial charge in [-0.05, 0) is 37.6 Å². The number of hydrogen-bond donors (Lipinski definition) is 2. The number of hydrogen-bond acceptors (Lipinski definition) is 2. The lowest BCUT2D eigenvalue weighted by Crippen LogP contribution is -2.26. The molecule has 1 amide bonds. The number of nitrogens with one attached hydrogen (secondary N) is 2. The average Bonchev–Trinajstić information content (AvgIpc) is 2.86. The van der Waals surface area contributed by atoms with E-state index in [1.807, 2.05) is 26.0 Å². The number of H-pyrrole nitrogens is 1. The number of aromatic nitrogens is 2.